The Bertz CT molecular complexity index is 612. The molecule has 1 aromatic rings. The van der Waals surface area contributed by atoms with Crippen LogP contribution in [0.15, 0.2) is 18.2 Å². The first kappa shape index (κ1) is 15.4. The van der Waals surface area contributed by atoms with Crippen LogP contribution in [0.5, 0.6) is 0 Å². The van der Waals surface area contributed by atoms with E-state index >= 15 is 0 Å². The predicted molar refractivity (Wildman–Crippen MR) is 85.6 cm³/mol. The number of nitrogens with two attached hydrogens (primary N) is 1. The van der Waals surface area contributed by atoms with Gasteiger partial charge in [-0.3, -0.25) is 4.90 Å². The number of sulfone groups is 1. The van der Waals surface area contributed by atoms with Crippen molar-refractivity contribution >= 4 is 27.0 Å². The van der Waals surface area contributed by atoms with Crippen LogP contribution in [0.4, 0.5) is 0 Å². The van der Waals surface area contributed by atoms with Crippen LogP contribution in [-0.2, 0) is 16.4 Å². The molecule has 0 atom stereocenters. The molecule has 20 heavy (non-hydrogen) atoms. The summed E-state index contributed by atoms with van der Waals surface area (Å²) in [6.07, 6.45) is 0.715. The lowest BCUT2D eigenvalue weighted by atomic mass is 10.0. The Morgan fingerprint density at radius 3 is 2.75 bits per heavy atom. The minimum absolute atomic E-state index is 0.261. The van der Waals surface area contributed by atoms with Crippen LogP contribution in [0, 0.1) is 6.92 Å². The summed E-state index contributed by atoms with van der Waals surface area (Å²) in [6, 6.07) is 5.95. The molecular weight excluding hydrogens is 292 g/mol. The largest absolute Gasteiger partial charge is 0.389 e. The summed E-state index contributed by atoms with van der Waals surface area (Å²) >= 11 is 4.97. The lowest BCUT2D eigenvalue weighted by Gasteiger charge is -2.20. The Morgan fingerprint density at radius 2 is 2.10 bits per heavy atom. The first-order chi connectivity index (χ1) is 9.37. The van der Waals surface area contributed by atoms with E-state index in [-0.39, 0.29) is 5.75 Å². The molecule has 1 aliphatic heterocycles. The lowest BCUT2D eigenvalue weighted by Crippen LogP contribution is -2.27. The fourth-order valence-corrected chi connectivity index (χ4v) is 3.85. The van der Waals surface area contributed by atoms with Crippen LogP contribution in [-0.4, -0.2) is 42.9 Å². The lowest BCUT2D eigenvalue weighted by molar-refractivity contribution is 0.286. The van der Waals surface area contributed by atoms with Crippen molar-refractivity contribution in [2.45, 2.75) is 19.9 Å². The monoisotopic (exact) mass is 312 g/mol. The van der Waals surface area contributed by atoms with Gasteiger partial charge in [0.2, 0.25) is 0 Å². The van der Waals surface area contributed by atoms with Gasteiger partial charge in [-0.15, -0.1) is 0 Å². The standard InChI is InChI=1S/C14H20N2O2S2/c1-11-9-12(14(15)19)3-4-13(11)10-16-5-2-7-20(17,18)8-6-16/h3-4,9H,2,5-8,10H2,1H3,(H2,15,19). The summed E-state index contributed by atoms with van der Waals surface area (Å²) in [5, 5.41) is 0. The average molecular weight is 312 g/mol. The summed E-state index contributed by atoms with van der Waals surface area (Å²) in [5.74, 6) is 0.569. The first-order valence-corrected chi connectivity index (χ1v) is 8.92. The zero-order chi connectivity index (χ0) is 14.8. The molecule has 2 rings (SSSR count). The number of hydrogen-bond donors (Lipinski definition) is 1. The Morgan fingerprint density at radius 1 is 1.35 bits per heavy atom. The van der Waals surface area contributed by atoms with E-state index in [4.69, 9.17) is 18.0 Å². The van der Waals surface area contributed by atoms with E-state index in [0.717, 1.165) is 24.2 Å². The quantitative estimate of drug-likeness (QED) is 0.851. The van der Waals surface area contributed by atoms with Gasteiger partial charge in [-0.1, -0.05) is 24.4 Å². The van der Waals surface area contributed by atoms with Crippen LogP contribution in [0.1, 0.15) is 23.1 Å². The van der Waals surface area contributed by atoms with Gasteiger partial charge in [-0.05, 0) is 37.1 Å². The topological polar surface area (TPSA) is 63.4 Å². The minimum Gasteiger partial charge on any atom is -0.389 e. The van der Waals surface area contributed by atoms with Gasteiger partial charge < -0.3 is 5.73 Å². The van der Waals surface area contributed by atoms with Crippen LogP contribution in [0.2, 0.25) is 0 Å². The van der Waals surface area contributed by atoms with Gasteiger partial charge in [0, 0.05) is 18.7 Å². The van der Waals surface area contributed by atoms with Crippen molar-refractivity contribution in [1.82, 2.24) is 4.90 Å². The molecular formula is C14H20N2O2S2. The van der Waals surface area contributed by atoms with Crippen LogP contribution >= 0.6 is 12.2 Å². The highest BCUT2D eigenvalue weighted by Crippen LogP contribution is 2.15. The maximum absolute atomic E-state index is 11.6. The van der Waals surface area contributed by atoms with Crippen molar-refractivity contribution in [3.8, 4) is 0 Å². The zero-order valence-corrected chi connectivity index (χ0v) is 13.3. The molecule has 0 saturated carbocycles. The Kier molecular flexibility index (Phi) is 4.78. The number of hydrogen-bond acceptors (Lipinski definition) is 4. The highest BCUT2D eigenvalue weighted by molar-refractivity contribution is 7.91. The second-order valence-electron chi connectivity index (χ2n) is 5.29. The Balaban J connectivity index is 2.08. The summed E-state index contributed by atoms with van der Waals surface area (Å²) < 4.78 is 23.2. The fourth-order valence-electron chi connectivity index (χ4n) is 2.42. The molecule has 2 N–H and O–H groups in total. The van der Waals surface area contributed by atoms with Crippen molar-refractivity contribution in [2.24, 2.45) is 5.73 Å². The number of thiocarbonyl (C=S) groups is 1. The van der Waals surface area contributed by atoms with Gasteiger partial charge in [0.05, 0.1) is 11.5 Å². The smallest absolute Gasteiger partial charge is 0.151 e. The number of benzene rings is 1. The SMILES string of the molecule is Cc1cc(C(N)=S)ccc1CN1CCCS(=O)(=O)CC1. The van der Waals surface area contributed by atoms with Crippen LogP contribution in [0.25, 0.3) is 0 Å². The van der Waals surface area contributed by atoms with Crippen molar-refractivity contribution in [3.63, 3.8) is 0 Å². The van der Waals surface area contributed by atoms with Gasteiger partial charge in [-0.25, -0.2) is 8.42 Å². The predicted octanol–water partition coefficient (Wildman–Crippen LogP) is 1.25. The maximum Gasteiger partial charge on any atom is 0.151 e. The molecule has 110 valence electrons. The third kappa shape index (κ3) is 4.01. The molecule has 1 heterocycles. The van der Waals surface area contributed by atoms with Gasteiger partial charge in [0.15, 0.2) is 9.84 Å². The van der Waals surface area contributed by atoms with Gasteiger partial charge >= 0.3 is 0 Å². The van der Waals surface area contributed by atoms with E-state index in [2.05, 4.69) is 4.90 Å². The molecule has 0 unspecified atom stereocenters. The third-order valence-electron chi connectivity index (χ3n) is 3.67. The van der Waals surface area contributed by atoms with Gasteiger partial charge in [-0.2, -0.15) is 0 Å². The normalized spacial score (nSPS) is 19.4. The second kappa shape index (κ2) is 6.20. The van der Waals surface area contributed by atoms with E-state index in [1.54, 1.807) is 0 Å². The molecule has 6 heteroatoms. The van der Waals surface area contributed by atoms with Crippen LogP contribution < -0.4 is 5.73 Å². The van der Waals surface area contributed by atoms with Crippen LogP contribution in [0.3, 0.4) is 0 Å². The van der Waals surface area contributed by atoms with Crippen molar-refractivity contribution < 1.29 is 8.42 Å². The fraction of sp³-hybridized carbons (Fsp3) is 0.500. The van der Waals surface area contributed by atoms with Crippen molar-refractivity contribution in [3.05, 3.63) is 34.9 Å². The number of rotatable bonds is 3. The molecule has 1 fully saturated rings. The summed E-state index contributed by atoms with van der Waals surface area (Å²) in [5.41, 5.74) is 8.84. The molecule has 0 aromatic heterocycles. The second-order valence-corrected chi connectivity index (χ2v) is 8.03. The zero-order valence-electron chi connectivity index (χ0n) is 11.6. The van der Waals surface area contributed by atoms with E-state index in [9.17, 15) is 8.42 Å². The summed E-state index contributed by atoms with van der Waals surface area (Å²) in [4.78, 5) is 2.60. The molecule has 1 aromatic carbocycles. The molecule has 0 radical (unpaired) electrons. The summed E-state index contributed by atoms with van der Waals surface area (Å²) in [6.45, 7) is 4.25. The molecule has 0 aliphatic carbocycles. The summed E-state index contributed by atoms with van der Waals surface area (Å²) in [7, 11) is -2.85. The minimum atomic E-state index is -2.85. The van der Waals surface area contributed by atoms with Crippen molar-refractivity contribution in [1.29, 1.82) is 0 Å². The van der Waals surface area contributed by atoms with E-state index in [1.165, 1.54) is 5.56 Å². The van der Waals surface area contributed by atoms with E-state index in [0.29, 0.717) is 23.7 Å². The van der Waals surface area contributed by atoms with Gasteiger partial charge in [0.25, 0.3) is 0 Å². The number of nitrogens with zero attached hydrogens (tertiary/aromatic N) is 1. The highest BCUT2D eigenvalue weighted by Gasteiger charge is 2.19. The van der Waals surface area contributed by atoms with E-state index < -0.39 is 9.84 Å². The average Bonchev–Trinajstić information content (AvgIpc) is 2.53. The molecule has 0 amide bonds. The number of aryl methyl sites for hydroxylation is 1. The maximum atomic E-state index is 11.6. The van der Waals surface area contributed by atoms with E-state index in [1.807, 2.05) is 25.1 Å². The van der Waals surface area contributed by atoms with Crippen molar-refractivity contribution in [2.75, 3.05) is 24.6 Å². The van der Waals surface area contributed by atoms with Gasteiger partial charge in [0.1, 0.15) is 4.99 Å². The highest BCUT2D eigenvalue weighted by atomic mass is 32.2. The molecule has 0 bridgehead atoms. The molecule has 4 nitrogen and oxygen atoms in total. The Hall–Kier alpha value is -0.980. The molecule has 0 spiro atoms. The first-order valence-electron chi connectivity index (χ1n) is 6.69. The Labute approximate surface area is 125 Å². The third-order valence-corrected chi connectivity index (χ3v) is 5.62. The molecule has 1 aliphatic rings. The molecule has 1 saturated heterocycles.